The van der Waals surface area contributed by atoms with Gasteiger partial charge in [-0.2, -0.15) is 0 Å². The standard InChI is InChI=1S/C16H18/c1-11-9-12(2)16-14(10-11)8-7-13-5-3-4-6-15(13)16/h4,6,8-10,13H,3,5,7H2,1-2H3. The van der Waals surface area contributed by atoms with E-state index in [-0.39, 0.29) is 0 Å². The third kappa shape index (κ3) is 1.44. The first-order valence-electron chi connectivity index (χ1n) is 6.24. The average Bonchev–Trinajstić information content (AvgIpc) is 2.28. The second-order valence-corrected chi connectivity index (χ2v) is 5.12. The van der Waals surface area contributed by atoms with Gasteiger partial charge < -0.3 is 0 Å². The predicted octanol–water partition coefficient (Wildman–Crippen LogP) is 2.60. The summed E-state index contributed by atoms with van der Waals surface area (Å²) in [5, 5.41) is 2.97. The van der Waals surface area contributed by atoms with Crippen LogP contribution in [0.2, 0.25) is 0 Å². The van der Waals surface area contributed by atoms with Gasteiger partial charge in [-0.05, 0) is 60.6 Å². The van der Waals surface area contributed by atoms with Gasteiger partial charge in [0.05, 0.1) is 0 Å². The average molecular weight is 210 g/mol. The molecule has 2 aliphatic carbocycles. The van der Waals surface area contributed by atoms with Gasteiger partial charge in [0.15, 0.2) is 0 Å². The lowest BCUT2D eigenvalue weighted by molar-refractivity contribution is 0.618. The van der Waals surface area contributed by atoms with E-state index in [2.05, 4.69) is 44.2 Å². The molecule has 2 aliphatic rings. The van der Waals surface area contributed by atoms with Gasteiger partial charge in [-0.15, -0.1) is 0 Å². The molecule has 0 nitrogen and oxygen atoms in total. The Labute approximate surface area is 97.0 Å². The van der Waals surface area contributed by atoms with Gasteiger partial charge in [-0.1, -0.05) is 35.9 Å². The molecule has 0 amide bonds. The Morgan fingerprint density at radius 3 is 2.94 bits per heavy atom. The molecule has 0 spiro atoms. The number of allylic oxidation sites excluding steroid dienone is 2. The zero-order chi connectivity index (χ0) is 11.1. The van der Waals surface area contributed by atoms with Gasteiger partial charge >= 0.3 is 0 Å². The molecule has 0 heteroatoms. The highest BCUT2D eigenvalue weighted by molar-refractivity contribution is 5.65. The zero-order valence-electron chi connectivity index (χ0n) is 10.1. The van der Waals surface area contributed by atoms with Crippen LogP contribution in [-0.2, 0) is 0 Å². The molecule has 0 aromatic heterocycles. The molecule has 16 heavy (non-hydrogen) atoms. The first kappa shape index (κ1) is 9.89. The molecule has 1 unspecified atom stereocenters. The Morgan fingerprint density at radius 1 is 1.19 bits per heavy atom. The van der Waals surface area contributed by atoms with E-state index in [0.717, 1.165) is 5.92 Å². The fourth-order valence-electron chi connectivity index (χ4n) is 3.16. The van der Waals surface area contributed by atoms with Gasteiger partial charge in [0.2, 0.25) is 0 Å². The van der Waals surface area contributed by atoms with Crippen molar-refractivity contribution in [2.24, 2.45) is 5.92 Å². The van der Waals surface area contributed by atoms with Crippen LogP contribution in [0.4, 0.5) is 0 Å². The lowest BCUT2D eigenvalue weighted by Crippen LogP contribution is -2.35. The van der Waals surface area contributed by atoms with Gasteiger partial charge in [0.25, 0.3) is 0 Å². The minimum absolute atomic E-state index is 0.777. The molecule has 0 aliphatic heterocycles. The van der Waals surface area contributed by atoms with Crippen molar-refractivity contribution in [3.05, 3.63) is 45.8 Å². The summed E-state index contributed by atoms with van der Waals surface area (Å²) in [6.45, 7) is 4.44. The Bertz CT molecular complexity index is 573. The predicted molar refractivity (Wildman–Crippen MR) is 69.5 cm³/mol. The van der Waals surface area contributed by atoms with Crippen LogP contribution in [0.5, 0.6) is 0 Å². The summed E-state index contributed by atoms with van der Waals surface area (Å²) in [5.74, 6) is 0.777. The number of hydrogen-bond acceptors (Lipinski definition) is 0. The zero-order valence-corrected chi connectivity index (χ0v) is 10.1. The van der Waals surface area contributed by atoms with Crippen LogP contribution in [0.15, 0.2) is 24.3 Å². The number of hydrogen-bond donors (Lipinski definition) is 0. The summed E-state index contributed by atoms with van der Waals surface area (Å²) in [4.78, 5) is 0. The molecule has 1 aromatic carbocycles. The highest BCUT2D eigenvalue weighted by Crippen LogP contribution is 2.28. The molecular weight excluding hydrogens is 192 g/mol. The van der Waals surface area contributed by atoms with E-state index in [4.69, 9.17) is 0 Å². The van der Waals surface area contributed by atoms with Crippen molar-refractivity contribution >= 4 is 11.6 Å². The summed E-state index contributed by atoms with van der Waals surface area (Å²) >= 11 is 0. The van der Waals surface area contributed by atoms with Crippen LogP contribution in [-0.4, -0.2) is 0 Å². The Hall–Kier alpha value is -1.30. The molecular formula is C16H18. The number of fused-ring (bicyclic) bond motifs is 2. The second-order valence-electron chi connectivity index (χ2n) is 5.12. The summed E-state index contributed by atoms with van der Waals surface area (Å²) < 4.78 is 0. The fraction of sp³-hybridized carbons (Fsp3) is 0.375. The SMILES string of the molecule is Cc1cc(C)c2c(c1)=CCC1CCC=CC=21. The van der Waals surface area contributed by atoms with Crippen LogP contribution in [0.25, 0.3) is 11.6 Å². The molecule has 0 radical (unpaired) electrons. The first-order chi connectivity index (χ1) is 7.75. The van der Waals surface area contributed by atoms with E-state index >= 15 is 0 Å². The Balaban J connectivity index is 2.42. The minimum atomic E-state index is 0.777. The van der Waals surface area contributed by atoms with E-state index in [1.54, 1.807) is 5.57 Å². The van der Waals surface area contributed by atoms with Crippen molar-refractivity contribution in [2.45, 2.75) is 33.1 Å². The third-order valence-electron chi connectivity index (χ3n) is 3.84. The maximum absolute atomic E-state index is 2.43. The smallest absolute Gasteiger partial charge is 0.0118 e. The molecule has 1 atom stereocenters. The topological polar surface area (TPSA) is 0 Å². The van der Waals surface area contributed by atoms with Crippen molar-refractivity contribution in [3.63, 3.8) is 0 Å². The van der Waals surface area contributed by atoms with Crippen molar-refractivity contribution < 1.29 is 0 Å². The Morgan fingerprint density at radius 2 is 2.06 bits per heavy atom. The van der Waals surface area contributed by atoms with E-state index in [9.17, 15) is 0 Å². The highest BCUT2D eigenvalue weighted by atomic mass is 14.2. The largest absolute Gasteiger partial charge is 0.0842 e. The molecule has 0 fully saturated rings. The monoisotopic (exact) mass is 210 g/mol. The molecule has 0 bridgehead atoms. The van der Waals surface area contributed by atoms with E-state index in [0.29, 0.717) is 0 Å². The van der Waals surface area contributed by atoms with Gasteiger partial charge in [-0.25, -0.2) is 0 Å². The van der Waals surface area contributed by atoms with Crippen LogP contribution in [0.3, 0.4) is 0 Å². The molecule has 0 saturated carbocycles. The molecule has 0 saturated heterocycles. The quantitative estimate of drug-likeness (QED) is 0.617. The van der Waals surface area contributed by atoms with E-state index < -0.39 is 0 Å². The summed E-state index contributed by atoms with van der Waals surface area (Å²) in [7, 11) is 0. The molecule has 1 aromatic rings. The van der Waals surface area contributed by atoms with Crippen molar-refractivity contribution in [1.82, 2.24) is 0 Å². The fourth-order valence-corrected chi connectivity index (χ4v) is 3.16. The molecule has 0 heterocycles. The number of rotatable bonds is 0. The summed E-state index contributed by atoms with van der Waals surface area (Å²) in [6.07, 6.45) is 10.9. The van der Waals surface area contributed by atoms with Gasteiger partial charge in [0.1, 0.15) is 0 Å². The van der Waals surface area contributed by atoms with Crippen molar-refractivity contribution in [1.29, 1.82) is 0 Å². The van der Waals surface area contributed by atoms with Crippen LogP contribution < -0.4 is 10.4 Å². The molecule has 3 rings (SSSR count). The molecule has 82 valence electrons. The van der Waals surface area contributed by atoms with Crippen molar-refractivity contribution in [2.75, 3.05) is 0 Å². The maximum Gasteiger partial charge on any atom is -0.0118 e. The van der Waals surface area contributed by atoms with Crippen molar-refractivity contribution in [3.8, 4) is 0 Å². The molecule has 0 N–H and O–H groups in total. The first-order valence-corrected chi connectivity index (χ1v) is 6.24. The van der Waals surface area contributed by atoms with E-state index in [1.807, 2.05) is 0 Å². The van der Waals surface area contributed by atoms with Crippen LogP contribution in [0, 0.1) is 19.8 Å². The highest BCUT2D eigenvalue weighted by Gasteiger charge is 2.18. The minimum Gasteiger partial charge on any atom is -0.0842 e. The van der Waals surface area contributed by atoms with Crippen LogP contribution in [0.1, 0.15) is 30.4 Å². The number of aryl methyl sites for hydroxylation is 2. The van der Waals surface area contributed by atoms with E-state index in [1.165, 1.54) is 40.8 Å². The van der Waals surface area contributed by atoms with Gasteiger partial charge in [-0.3, -0.25) is 0 Å². The Kier molecular flexibility index (Phi) is 2.24. The third-order valence-corrected chi connectivity index (χ3v) is 3.84. The number of benzene rings is 1. The van der Waals surface area contributed by atoms with Gasteiger partial charge in [0, 0.05) is 0 Å². The summed E-state index contributed by atoms with van der Waals surface area (Å²) in [6, 6.07) is 4.64. The summed E-state index contributed by atoms with van der Waals surface area (Å²) in [5.41, 5.74) is 4.41. The maximum atomic E-state index is 2.43. The second kappa shape index (κ2) is 3.62. The lowest BCUT2D eigenvalue weighted by Gasteiger charge is -2.24. The van der Waals surface area contributed by atoms with Crippen LogP contribution >= 0.6 is 0 Å². The lowest BCUT2D eigenvalue weighted by atomic mass is 9.81. The normalized spacial score (nSPS) is 22.4.